The van der Waals surface area contributed by atoms with Crippen molar-refractivity contribution >= 4 is 22.0 Å². The van der Waals surface area contributed by atoms with Gasteiger partial charge in [-0.05, 0) is 64.2 Å². The molecule has 1 aliphatic carbocycles. The van der Waals surface area contributed by atoms with Crippen LogP contribution in [-0.4, -0.2) is 23.8 Å². The van der Waals surface area contributed by atoms with Crippen molar-refractivity contribution in [2.45, 2.75) is 71.2 Å². The summed E-state index contributed by atoms with van der Waals surface area (Å²) in [6.07, 6.45) is 2.87. The molecule has 1 aromatic carbocycles. The normalized spacial score (nSPS) is 21.3. The molecule has 0 aliphatic heterocycles. The molecule has 0 bridgehead atoms. The third kappa shape index (κ3) is 5.81. The summed E-state index contributed by atoms with van der Waals surface area (Å²) in [7, 11) is 0. The molecule has 23 heavy (non-hydrogen) atoms. The largest absolute Gasteiger partial charge is 0.444 e. The van der Waals surface area contributed by atoms with Crippen LogP contribution in [0.25, 0.3) is 0 Å². The van der Waals surface area contributed by atoms with E-state index >= 15 is 0 Å². The molecule has 0 radical (unpaired) electrons. The Morgan fingerprint density at radius 3 is 2.65 bits per heavy atom. The van der Waals surface area contributed by atoms with E-state index in [0.29, 0.717) is 6.04 Å². The quantitative estimate of drug-likeness (QED) is 0.816. The predicted octanol–water partition coefficient (Wildman–Crippen LogP) is 4.29. The fourth-order valence-corrected chi connectivity index (χ4v) is 3.15. The second-order valence-electron chi connectivity index (χ2n) is 7.25. The second-order valence-corrected chi connectivity index (χ2v) is 8.11. The van der Waals surface area contributed by atoms with Gasteiger partial charge >= 0.3 is 6.09 Å². The molecular weight excluding hydrogens is 356 g/mol. The second kappa shape index (κ2) is 7.67. The van der Waals surface area contributed by atoms with Crippen LogP contribution >= 0.6 is 15.9 Å². The molecule has 0 heterocycles. The molecule has 1 amide bonds. The number of hydrogen-bond acceptors (Lipinski definition) is 3. The third-order valence-electron chi connectivity index (χ3n) is 4.01. The number of nitrogens with one attached hydrogen (secondary N) is 2. The zero-order valence-corrected chi connectivity index (χ0v) is 16.0. The third-order valence-corrected chi connectivity index (χ3v) is 4.90. The van der Waals surface area contributed by atoms with E-state index in [-0.39, 0.29) is 12.1 Å². The highest BCUT2D eigenvalue weighted by atomic mass is 79.9. The fourth-order valence-electron chi connectivity index (χ4n) is 2.90. The number of carbonyl (C=O) groups excluding carboxylic acids is 1. The van der Waals surface area contributed by atoms with Gasteiger partial charge in [0.05, 0.1) is 0 Å². The first kappa shape index (κ1) is 18.3. The maximum Gasteiger partial charge on any atom is 0.407 e. The van der Waals surface area contributed by atoms with Crippen LogP contribution in [0.5, 0.6) is 0 Å². The number of alkyl carbamates (subject to hydrolysis) is 1. The summed E-state index contributed by atoms with van der Waals surface area (Å²) < 4.78 is 6.49. The number of hydrogen-bond donors (Lipinski definition) is 2. The Labute approximate surface area is 147 Å². The first-order valence-corrected chi connectivity index (χ1v) is 9.02. The van der Waals surface area contributed by atoms with Crippen LogP contribution in [0.4, 0.5) is 4.79 Å². The molecule has 0 spiro atoms. The van der Waals surface area contributed by atoms with E-state index in [1.807, 2.05) is 20.8 Å². The molecule has 2 atom stereocenters. The lowest BCUT2D eigenvalue weighted by molar-refractivity contribution is 0.0498. The van der Waals surface area contributed by atoms with Crippen LogP contribution in [0.15, 0.2) is 22.7 Å². The Hall–Kier alpha value is -1.07. The zero-order chi connectivity index (χ0) is 17.0. The summed E-state index contributed by atoms with van der Waals surface area (Å²) in [4.78, 5) is 12.0. The maximum absolute atomic E-state index is 12.0. The number of carbonyl (C=O) groups is 1. The fraction of sp³-hybridized carbons (Fsp3) is 0.611. The van der Waals surface area contributed by atoms with Crippen molar-refractivity contribution in [1.82, 2.24) is 10.6 Å². The summed E-state index contributed by atoms with van der Waals surface area (Å²) in [5, 5.41) is 6.59. The Kier molecular flexibility index (Phi) is 6.09. The number of ether oxygens (including phenoxy) is 1. The van der Waals surface area contributed by atoms with Crippen molar-refractivity contribution in [3.8, 4) is 0 Å². The van der Waals surface area contributed by atoms with Crippen LogP contribution in [0, 0.1) is 6.92 Å². The number of benzene rings is 1. The first-order valence-electron chi connectivity index (χ1n) is 8.22. The molecule has 1 fully saturated rings. The van der Waals surface area contributed by atoms with E-state index in [1.165, 1.54) is 11.1 Å². The monoisotopic (exact) mass is 382 g/mol. The van der Waals surface area contributed by atoms with Crippen LogP contribution < -0.4 is 10.6 Å². The van der Waals surface area contributed by atoms with E-state index in [1.54, 1.807) is 0 Å². The van der Waals surface area contributed by atoms with Gasteiger partial charge in [0.2, 0.25) is 0 Å². The molecule has 0 saturated heterocycles. The predicted molar refractivity (Wildman–Crippen MR) is 96.5 cm³/mol. The molecule has 2 rings (SSSR count). The number of rotatable bonds is 4. The minimum atomic E-state index is -0.458. The zero-order valence-electron chi connectivity index (χ0n) is 14.4. The summed E-state index contributed by atoms with van der Waals surface area (Å²) in [5.74, 6) is 0. The SMILES string of the molecule is Cc1cc(CNC2CCCC2NC(=O)OC(C)(C)C)ccc1Br. The van der Waals surface area contributed by atoms with Gasteiger partial charge in [-0.15, -0.1) is 0 Å². The van der Waals surface area contributed by atoms with Gasteiger partial charge in [0.15, 0.2) is 0 Å². The molecule has 5 heteroatoms. The number of halogens is 1. The first-order chi connectivity index (χ1) is 10.7. The minimum Gasteiger partial charge on any atom is -0.444 e. The molecule has 1 aromatic rings. The topological polar surface area (TPSA) is 50.4 Å². The standard InChI is InChI=1S/C18H27BrN2O2/c1-12-10-13(8-9-14(12)19)11-20-15-6-5-7-16(15)21-17(22)23-18(2,3)4/h8-10,15-16,20H,5-7,11H2,1-4H3,(H,21,22). The van der Waals surface area contributed by atoms with Crippen molar-refractivity contribution in [3.63, 3.8) is 0 Å². The Balaban J connectivity index is 1.86. The Morgan fingerprint density at radius 2 is 2.00 bits per heavy atom. The smallest absolute Gasteiger partial charge is 0.407 e. The molecule has 2 unspecified atom stereocenters. The van der Waals surface area contributed by atoms with Crippen LogP contribution in [0.3, 0.4) is 0 Å². The molecule has 0 aromatic heterocycles. The van der Waals surface area contributed by atoms with Crippen molar-refractivity contribution < 1.29 is 9.53 Å². The molecular formula is C18H27BrN2O2. The lowest BCUT2D eigenvalue weighted by Crippen LogP contribution is -2.47. The highest BCUT2D eigenvalue weighted by molar-refractivity contribution is 9.10. The van der Waals surface area contributed by atoms with Gasteiger partial charge in [-0.3, -0.25) is 0 Å². The van der Waals surface area contributed by atoms with Crippen molar-refractivity contribution in [1.29, 1.82) is 0 Å². The van der Waals surface area contributed by atoms with E-state index in [9.17, 15) is 4.79 Å². The van der Waals surface area contributed by atoms with E-state index in [0.717, 1.165) is 30.3 Å². The van der Waals surface area contributed by atoms with Gasteiger partial charge in [0, 0.05) is 23.1 Å². The highest BCUT2D eigenvalue weighted by Gasteiger charge is 2.29. The molecule has 2 N–H and O–H groups in total. The van der Waals surface area contributed by atoms with Crippen LogP contribution in [-0.2, 0) is 11.3 Å². The lowest BCUT2D eigenvalue weighted by Gasteiger charge is -2.25. The summed E-state index contributed by atoms with van der Waals surface area (Å²) in [6.45, 7) is 8.55. The van der Waals surface area contributed by atoms with Gasteiger partial charge in [-0.1, -0.05) is 28.1 Å². The van der Waals surface area contributed by atoms with E-state index < -0.39 is 5.60 Å². The average Bonchev–Trinajstić information content (AvgIpc) is 2.85. The maximum atomic E-state index is 12.0. The number of aryl methyl sites for hydroxylation is 1. The molecule has 128 valence electrons. The van der Waals surface area contributed by atoms with Crippen molar-refractivity contribution in [2.24, 2.45) is 0 Å². The lowest BCUT2D eigenvalue weighted by atomic mass is 10.1. The van der Waals surface area contributed by atoms with Crippen LogP contribution in [0.1, 0.15) is 51.2 Å². The minimum absolute atomic E-state index is 0.140. The van der Waals surface area contributed by atoms with Gasteiger partial charge in [0.25, 0.3) is 0 Å². The van der Waals surface area contributed by atoms with Gasteiger partial charge in [0.1, 0.15) is 5.60 Å². The van der Waals surface area contributed by atoms with E-state index in [2.05, 4.69) is 51.7 Å². The van der Waals surface area contributed by atoms with Gasteiger partial charge in [-0.2, -0.15) is 0 Å². The Morgan fingerprint density at radius 1 is 1.30 bits per heavy atom. The summed E-state index contributed by atoms with van der Waals surface area (Å²) in [5.41, 5.74) is 2.04. The molecule has 1 saturated carbocycles. The molecule has 4 nitrogen and oxygen atoms in total. The summed E-state index contributed by atoms with van der Waals surface area (Å²) in [6, 6.07) is 6.82. The number of amides is 1. The van der Waals surface area contributed by atoms with E-state index in [4.69, 9.17) is 4.74 Å². The average molecular weight is 383 g/mol. The van der Waals surface area contributed by atoms with Crippen LogP contribution in [0.2, 0.25) is 0 Å². The molecule has 1 aliphatic rings. The highest BCUT2D eigenvalue weighted by Crippen LogP contribution is 2.21. The van der Waals surface area contributed by atoms with Gasteiger partial charge < -0.3 is 15.4 Å². The van der Waals surface area contributed by atoms with Crippen molar-refractivity contribution in [2.75, 3.05) is 0 Å². The summed E-state index contributed by atoms with van der Waals surface area (Å²) >= 11 is 3.53. The Bertz CT molecular complexity index is 554. The van der Waals surface area contributed by atoms with Crippen molar-refractivity contribution in [3.05, 3.63) is 33.8 Å². The van der Waals surface area contributed by atoms with Gasteiger partial charge in [-0.25, -0.2) is 4.79 Å².